The lowest BCUT2D eigenvalue weighted by molar-refractivity contribution is -0.119. The highest BCUT2D eigenvalue weighted by molar-refractivity contribution is 7.12. The molecule has 1 amide bonds. The second-order valence-corrected chi connectivity index (χ2v) is 4.37. The standard InChI is InChI=1S/C11H15NO3S/c1-4-7(2)10(13)12-8-5-6-16-9(8)11(14)15-3/h5-7H,4H2,1-3H3,(H,12,13). The highest BCUT2D eigenvalue weighted by atomic mass is 32.1. The van der Waals surface area contributed by atoms with Gasteiger partial charge in [-0.05, 0) is 17.9 Å². The van der Waals surface area contributed by atoms with E-state index in [-0.39, 0.29) is 11.8 Å². The average Bonchev–Trinajstić information content (AvgIpc) is 2.74. The van der Waals surface area contributed by atoms with Gasteiger partial charge in [0, 0.05) is 5.92 Å². The van der Waals surface area contributed by atoms with E-state index in [1.165, 1.54) is 18.4 Å². The van der Waals surface area contributed by atoms with E-state index in [1.54, 1.807) is 11.4 Å². The van der Waals surface area contributed by atoms with Crippen LogP contribution in [-0.2, 0) is 9.53 Å². The Bertz CT molecular complexity index is 386. The molecule has 0 bridgehead atoms. The van der Waals surface area contributed by atoms with E-state index in [2.05, 4.69) is 10.1 Å². The van der Waals surface area contributed by atoms with Crippen molar-refractivity contribution in [2.24, 2.45) is 5.92 Å². The predicted octanol–water partition coefficient (Wildman–Crippen LogP) is 2.52. The molecule has 1 heterocycles. The summed E-state index contributed by atoms with van der Waals surface area (Å²) >= 11 is 1.25. The van der Waals surface area contributed by atoms with Crippen LogP contribution in [0.5, 0.6) is 0 Å². The summed E-state index contributed by atoms with van der Waals surface area (Å²) < 4.78 is 4.62. The molecule has 0 aliphatic carbocycles. The normalized spacial score (nSPS) is 11.9. The topological polar surface area (TPSA) is 55.4 Å². The molecule has 1 rings (SSSR count). The molecular formula is C11H15NO3S. The first-order chi connectivity index (χ1) is 7.60. The van der Waals surface area contributed by atoms with Crippen molar-refractivity contribution in [3.05, 3.63) is 16.3 Å². The molecule has 1 aromatic rings. The lowest BCUT2D eigenvalue weighted by atomic mass is 10.1. The van der Waals surface area contributed by atoms with Crippen molar-refractivity contribution >= 4 is 28.9 Å². The monoisotopic (exact) mass is 241 g/mol. The number of methoxy groups -OCH3 is 1. The van der Waals surface area contributed by atoms with E-state index >= 15 is 0 Å². The van der Waals surface area contributed by atoms with Gasteiger partial charge in [-0.15, -0.1) is 11.3 Å². The quantitative estimate of drug-likeness (QED) is 0.824. The number of carbonyl (C=O) groups excluding carboxylic acids is 2. The van der Waals surface area contributed by atoms with Crippen LogP contribution in [0.3, 0.4) is 0 Å². The fourth-order valence-corrected chi connectivity index (χ4v) is 1.87. The van der Waals surface area contributed by atoms with Crippen LogP contribution in [0.15, 0.2) is 11.4 Å². The Morgan fingerprint density at radius 1 is 1.56 bits per heavy atom. The van der Waals surface area contributed by atoms with Crippen molar-refractivity contribution in [1.29, 1.82) is 0 Å². The maximum absolute atomic E-state index is 11.6. The molecule has 1 unspecified atom stereocenters. The largest absolute Gasteiger partial charge is 0.465 e. The van der Waals surface area contributed by atoms with Gasteiger partial charge in [0.2, 0.25) is 5.91 Å². The molecule has 1 atom stereocenters. The third-order valence-corrected chi connectivity index (χ3v) is 3.25. The Hall–Kier alpha value is -1.36. The first kappa shape index (κ1) is 12.7. The Labute approximate surface area is 98.6 Å². The van der Waals surface area contributed by atoms with Gasteiger partial charge in [-0.2, -0.15) is 0 Å². The molecule has 0 aliphatic rings. The van der Waals surface area contributed by atoms with Gasteiger partial charge < -0.3 is 10.1 Å². The van der Waals surface area contributed by atoms with Gasteiger partial charge >= 0.3 is 5.97 Å². The molecule has 16 heavy (non-hydrogen) atoms. The van der Waals surface area contributed by atoms with Crippen molar-refractivity contribution < 1.29 is 14.3 Å². The third kappa shape index (κ3) is 2.82. The molecule has 88 valence electrons. The highest BCUT2D eigenvalue weighted by Crippen LogP contribution is 2.23. The minimum atomic E-state index is -0.422. The molecule has 0 saturated heterocycles. The maximum Gasteiger partial charge on any atom is 0.350 e. The molecule has 0 aromatic carbocycles. The van der Waals surface area contributed by atoms with Crippen molar-refractivity contribution in [2.75, 3.05) is 12.4 Å². The van der Waals surface area contributed by atoms with Gasteiger partial charge in [0.05, 0.1) is 12.8 Å². The summed E-state index contributed by atoms with van der Waals surface area (Å²) in [5.74, 6) is -0.564. The molecule has 0 radical (unpaired) electrons. The molecular weight excluding hydrogens is 226 g/mol. The van der Waals surface area contributed by atoms with E-state index in [0.717, 1.165) is 6.42 Å². The van der Waals surface area contributed by atoms with E-state index in [9.17, 15) is 9.59 Å². The van der Waals surface area contributed by atoms with Crippen molar-refractivity contribution in [3.8, 4) is 0 Å². The second kappa shape index (κ2) is 5.65. The zero-order valence-corrected chi connectivity index (χ0v) is 10.4. The summed E-state index contributed by atoms with van der Waals surface area (Å²) in [5, 5.41) is 4.48. The first-order valence-corrected chi connectivity index (χ1v) is 5.94. The van der Waals surface area contributed by atoms with Crippen molar-refractivity contribution in [3.63, 3.8) is 0 Å². The Kier molecular flexibility index (Phi) is 4.49. The van der Waals surface area contributed by atoms with E-state index in [4.69, 9.17) is 0 Å². The lowest BCUT2D eigenvalue weighted by Crippen LogP contribution is -2.20. The average molecular weight is 241 g/mol. The number of ether oxygens (including phenoxy) is 1. The molecule has 0 saturated carbocycles. The fourth-order valence-electron chi connectivity index (χ4n) is 1.10. The summed E-state index contributed by atoms with van der Waals surface area (Å²) in [6.45, 7) is 3.79. The van der Waals surface area contributed by atoms with E-state index in [1.807, 2.05) is 13.8 Å². The number of carbonyl (C=O) groups is 2. The van der Waals surface area contributed by atoms with Crippen LogP contribution in [0.1, 0.15) is 29.9 Å². The molecule has 1 N–H and O–H groups in total. The predicted molar refractivity (Wildman–Crippen MR) is 63.7 cm³/mol. The zero-order chi connectivity index (χ0) is 12.1. The van der Waals surface area contributed by atoms with Gasteiger partial charge in [0.15, 0.2) is 0 Å². The van der Waals surface area contributed by atoms with Crippen LogP contribution < -0.4 is 5.32 Å². The van der Waals surface area contributed by atoms with Gasteiger partial charge in [-0.1, -0.05) is 13.8 Å². The highest BCUT2D eigenvalue weighted by Gasteiger charge is 2.17. The van der Waals surface area contributed by atoms with Gasteiger partial charge in [0.25, 0.3) is 0 Å². The van der Waals surface area contributed by atoms with Gasteiger partial charge in [0.1, 0.15) is 4.88 Å². The summed E-state index contributed by atoms with van der Waals surface area (Å²) in [7, 11) is 1.32. The first-order valence-electron chi connectivity index (χ1n) is 5.06. The Morgan fingerprint density at radius 3 is 2.81 bits per heavy atom. The summed E-state index contributed by atoms with van der Waals surface area (Å²) in [5.41, 5.74) is 0.530. The van der Waals surface area contributed by atoms with Crippen LogP contribution in [-0.4, -0.2) is 19.0 Å². The minimum absolute atomic E-state index is 0.0644. The number of esters is 1. The molecule has 5 heteroatoms. The molecule has 1 aromatic heterocycles. The van der Waals surface area contributed by atoms with E-state index in [0.29, 0.717) is 10.6 Å². The fraction of sp³-hybridized carbons (Fsp3) is 0.455. The molecule has 0 spiro atoms. The number of anilines is 1. The summed E-state index contributed by atoms with van der Waals surface area (Å²) in [4.78, 5) is 23.4. The Morgan fingerprint density at radius 2 is 2.25 bits per heavy atom. The lowest BCUT2D eigenvalue weighted by Gasteiger charge is -2.09. The maximum atomic E-state index is 11.6. The third-order valence-electron chi connectivity index (χ3n) is 2.35. The van der Waals surface area contributed by atoms with Crippen molar-refractivity contribution in [2.45, 2.75) is 20.3 Å². The number of nitrogens with one attached hydrogen (secondary N) is 1. The number of amides is 1. The van der Waals surface area contributed by atoms with Crippen LogP contribution in [0.4, 0.5) is 5.69 Å². The Balaban J connectivity index is 2.78. The van der Waals surface area contributed by atoms with Crippen molar-refractivity contribution in [1.82, 2.24) is 0 Å². The smallest absolute Gasteiger partial charge is 0.350 e. The number of thiophene rings is 1. The van der Waals surface area contributed by atoms with E-state index < -0.39 is 5.97 Å². The second-order valence-electron chi connectivity index (χ2n) is 3.45. The van der Waals surface area contributed by atoms with Crippen LogP contribution in [0, 0.1) is 5.92 Å². The van der Waals surface area contributed by atoms with Crippen LogP contribution >= 0.6 is 11.3 Å². The van der Waals surface area contributed by atoms with Crippen LogP contribution in [0.25, 0.3) is 0 Å². The number of rotatable bonds is 4. The number of hydrogen-bond donors (Lipinski definition) is 1. The van der Waals surface area contributed by atoms with Gasteiger partial charge in [-0.25, -0.2) is 4.79 Å². The van der Waals surface area contributed by atoms with Crippen LogP contribution in [0.2, 0.25) is 0 Å². The molecule has 0 fully saturated rings. The minimum Gasteiger partial charge on any atom is -0.465 e. The molecule has 4 nitrogen and oxygen atoms in total. The molecule has 0 aliphatic heterocycles. The number of hydrogen-bond acceptors (Lipinski definition) is 4. The zero-order valence-electron chi connectivity index (χ0n) is 9.57. The summed E-state index contributed by atoms with van der Waals surface area (Å²) in [6, 6.07) is 1.71. The van der Waals surface area contributed by atoms with Gasteiger partial charge in [-0.3, -0.25) is 4.79 Å². The SMILES string of the molecule is CCC(C)C(=O)Nc1ccsc1C(=O)OC. The summed E-state index contributed by atoms with van der Waals surface area (Å²) in [6.07, 6.45) is 0.767.